The van der Waals surface area contributed by atoms with Gasteiger partial charge in [0.2, 0.25) is 0 Å². The first kappa shape index (κ1) is 14.6. The summed E-state index contributed by atoms with van der Waals surface area (Å²) in [5.41, 5.74) is 2.01. The Balaban J connectivity index is 2.02. The van der Waals surface area contributed by atoms with E-state index in [2.05, 4.69) is 15.8 Å². The highest BCUT2D eigenvalue weighted by atomic mass is 35.5. The summed E-state index contributed by atoms with van der Waals surface area (Å²) < 4.78 is 2.29. The molecule has 1 aliphatic carbocycles. The van der Waals surface area contributed by atoms with E-state index in [4.69, 9.17) is 23.2 Å². The van der Waals surface area contributed by atoms with Gasteiger partial charge in [-0.1, -0.05) is 17.7 Å². The summed E-state index contributed by atoms with van der Waals surface area (Å²) in [7, 11) is 0. The highest BCUT2D eigenvalue weighted by molar-refractivity contribution is 7.99. The molecule has 1 aliphatic rings. The van der Waals surface area contributed by atoms with Gasteiger partial charge in [0.05, 0.1) is 21.9 Å². The predicted molar refractivity (Wildman–Crippen MR) is 89.1 cm³/mol. The number of para-hydroxylation sites is 1. The molecule has 0 aliphatic heterocycles. The number of nitrogens with zero attached hydrogens (tertiary/aromatic N) is 2. The zero-order chi connectivity index (χ0) is 14.1. The van der Waals surface area contributed by atoms with E-state index < -0.39 is 0 Å². The fourth-order valence-electron chi connectivity index (χ4n) is 3.18. The zero-order valence-corrected chi connectivity index (χ0v) is 13.8. The molecular formula is C15H18Cl2N2S. The molecule has 3 rings (SSSR count). The quantitative estimate of drug-likeness (QED) is 0.714. The van der Waals surface area contributed by atoms with Gasteiger partial charge in [0.15, 0.2) is 0 Å². The van der Waals surface area contributed by atoms with E-state index in [0.717, 1.165) is 27.1 Å². The summed E-state index contributed by atoms with van der Waals surface area (Å²) in [6, 6.07) is 6.39. The van der Waals surface area contributed by atoms with E-state index in [1.165, 1.54) is 25.7 Å². The molecule has 0 bridgehead atoms. The van der Waals surface area contributed by atoms with Crippen LogP contribution in [0.4, 0.5) is 0 Å². The van der Waals surface area contributed by atoms with Crippen LogP contribution in [0.2, 0.25) is 5.02 Å². The van der Waals surface area contributed by atoms with Crippen molar-refractivity contribution in [2.24, 2.45) is 0 Å². The monoisotopic (exact) mass is 328 g/mol. The number of imidazole rings is 1. The lowest BCUT2D eigenvalue weighted by atomic mass is 9.94. The van der Waals surface area contributed by atoms with Crippen LogP contribution < -0.4 is 0 Å². The number of aromatic nitrogens is 2. The van der Waals surface area contributed by atoms with Crippen LogP contribution in [0, 0.1) is 0 Å². The molecular weight excluding hydrogens is 311 g/mol. The molecule has 1 heterocycles. The molecule has 1 saturated carbocycles. The average molecular weight is 329 g/mol. The van der Waals surface area contributed by atoms with Crippen LogP contribution in [-0.4, -0.2) is 21.1 Å². The third-order valence-corrected chi connectivity index (χ3v) is 5.88. The molecule has 5 heteroatoms. The summed E-state index contributed by atoms with van der Waals surface area (Å²) in [5.74, 6) is 1.38. The Morgan fingerprint density at radius 2 is 2.05 bits per heavy atom. The first-order valence-electron chi connectivity index (χ1n) is 6.98. The molecule has 0 spiro atoms. The van der Waals surface area contributed by atoms with Crippen LogP contribution in [0.3, 0.4) is 0 Å². The van der Waals surface area contributed by atoms with Crippen molar-refractivity contribution in [2.75, 3.05) is 6.26 Å². The second-order valence-corrected chi connectivity index (χ2v) is 7.12. The fraction of sp³-hybridized carbons (Fsp3) is 0.533. The minimum atomic E-state index is 0.438. The normalized spacial score (nSPS) is 23.4. The number of fused-ring (bicyclic) bond motifs is 1. The zero-order valence-electron chi connectivity index (χ0n) is 11.5. The molecule has 0 radical (unpaired) electrons. The maximum absolute atomic E-state index is 6.40. The molecule has 2 nitrogen and oxygen atoms in total. The van der Waals surface area contributed by atoms with Crippen LogP contribution in [0.5, 0.6) is 0 Å². The summed E-state index contributed by atoms with van der Waals surface area (Å²) >= 11 is 14.5. The molecule has 1 fully saturated rings. The van der Waals surface area contributed by atoms with Crippen molar-refractivity contribution < 1.29 is 0 Å². The number of rotatable bonds is 3. The molecule has 2 aromatic rings. The van der Waals surface area contributed by atoms with E-state index in [-0.39, 0.29) is 0 Å². The smallest absolute Gasteiger partial charge is 0.125 e. The number of alkyl halides is 1. The molecule has 1 aromatic heterocycles. The first-order chi connectivity index (χ1) is 9.74. The third kappa shape index (κ3) is 2.56. The molecule has 0 amide bonds. The van der Waals surface area contributed by atoms with Gasteiger partial charge in [0.25, 0.3) is 0 Å². The van der Waals surface area contributed by atoms with Gasteiger partial charge < -0.3 is 4.57 Å². The summed E-state index contributed by atoms with van der Waals surface area (Å²) in [6.45, 7) is 0. The van der Waals surface area contributed by atoms with E-state index >= 15 is 0 Å². The predicted octanol–water partition coefficient (Wildman–Crippen LogP) is 5.28. The van der Waals surface area contributed by atoms with Crippen molar-refractivity contribution in [1.29, 1.82) is 0 Å². The van der Waals surface area contributed by atoms with Gasteiger partial charge in [0, 0.05) is 11.3 Å². The second-order valence-electron chi connectivity index (χ2n) is 5.31. The Kier molecular flexibility index (Phi) is 4.49. The lowest BCUT2D eigenvalue weighted by molar-refractivity contribution is 0.361. The fourth-order valence-corrected chi connectivity index (χ4v) is 4.37. The van der Waals surface area contributed by atoms with E-state index in [1.54, 1.807) is 0 Å². The van der Waals surface area contributed by atoms with Crippen molar-refractivity contribution in [3.8, 4) is 0 Å². The number of hydrogen-bond donors (Lipinski definition) is 0. The molecule has 0 unspecified atom stereocenters. The maximum atomic E-state index is 6.40. The molecule has 0 saturated heterocycles. The minimum Gasteiger partial charge on any atom is -0.323 e. The van der Waals surface area contributed by atoms with Crippen molar-refractivity contribution in [2.45, 2.75) is 42.9 Å². The topological polar surface area (TPSA) is 17.8 Å². The Morgan fingerprint density at radius 3 is 2.70 bits per heavy atom. The number of thioether (sulfide) groups is 1. The number of halogens is 2. The van der Waals surface area contributed by atoms with Gasteiger partial charge in [-0.2, -0.15) is 11.8 Å². The summed E-state index contributed by atoms with van der Waals surface area (Å²) in [4.78, 5) is 4.65. The van der Waals surface area contributed by atoms with E-state index in [0.29, 0.717) is 11.9 Å². The Bertz CT molecular complexity index is 603. The molecule has 0 atom stereocenters. The van der Waals surface area contributed by atoms with Gasteiger partial charge in [0.1, 0.15) is 5.82 Å². The van der Waals surface area contributed by atoms with Crippen LogP contribution in [0.25, 0.3) is 11.0 Å². The maximum Gasteiger partial charge on any atom is 0.125 e. The summed E-state index contributed by atoms with van der Waals surface area (Å²) in [6.07, 6.45) is 7.10. The van der Waals surface area contributed by atoms with E-state index in [9.17, 15) is 0 Å². The highest BCUT2D eigenvalue weighted by Crippen LogP contribution is 2.38. The Morgan fingerprint density at radius 1 is 1.30 bits per heavy atom. The molecule has 20 heavy (non-hydrogen) atoms. The van der Waals surface area contributed by atoms with Crippen molar-refractivity contribution in [1.82, 2.24) is 9.55 Å². The average Bonchev–Trinajstić information content (AvgIpc) is 2.87. The molecule has 1 aromatic carbocycles. The van der Waals surface area contributed by atoms with Crippen LogP contribution in [0.15, 0.2) is 18.2 Å². The first-order valence-corrected chi connectivity index (χ1v) is 9.18. The van der Waals surface area contributed by atoms with Crippen molar-refractivity contribution in [3.05, 3.63) is 29.0 Å². The molecule has 0 N–H and O–H groups in total. The lowest BCUT2D eigenvalue weighted by Crippen LogP contribution is -2.20. The second kappa shape index (κ2) is 6.17. The lowest BCUT2D eigenvalue weighted by Gasteiger charge is -2.29. The minimum absolute atomic E-state index is 0.438. The number of benzene rings is 1. The van der Waals surface area contributed by atoms with Gasteiger partial charge in [-0.25, -0.2) is 4.98 Å². The van der Waals surface area contributed by atoms with Gasteiger partial charge in [-0.3, -0.25) is 0 Å². The van der Waals surface area contributed by atoms with Crippen LogP contribution in [-0.2, 0) is 5.88 Å². The molecule has 108 valence electrons. The van der Waals surface area contributed by atoms with Gasteiger partial charge in [-0.05, 0) is 44.1 Å². The van der Waals surface area contributed by atoms with Crippen LogP contribution >= 0.6 is 35.0 Å². The summed E-state index contributed by atoms with van der Waals surface area (Å²) in [5, 5.41) is 1.58. The largest absolute Gasteiger partial charge is 0.323 e. The Labute approximate surface area is 133 Å². The van der Waals surface area contributed by atoms with Crippen LogP contribution in [0.1, 0.15) is 37.5 Å². The van der Waals surface area contributed by atoms with Crippen molar-refractivity contribution >= 4 is 46.0 Å². The number of hydrogen-bond acceptors (Lipinski definition) is 2. The van der Waals surface area contributed by atoms with Crippen molar-refractivity contribution in [3.63, 3.8) is 0 Å². The highest BCUT2D eigenvalue weighted by Gasteiger charge is 2.25. The van der Waals surface area contributed by atoms with Gasteiger partial charge in [-0.15, -0.1) is 11.6 Å². The van der Waals surface area contributed by atoms with E-state index in [1.807, 2.05) is 30.0 Å². The Hall–Kier alpha value is -0.380. The third-order valence-electron chi connectivity index (χ3n) is 4.20. The standard InChI is InChI=1S/C15H18Cl2N2S/c1-20-11-7-5-10(6-8-11)19-14(9-16)18-13-4-2-3-12(17)15(13)19/h2-4,10-11H,5-9H2,1H3. The SMILES string of the molecule is CSC1CCC(n2c(CCl)nc3cccc(Cl)c32)CC1. The van der Waals surface area contributed by atoms with Gasteiger partial charge >= 0.3 is 0 Å².